The number of hydrogen-bond acceptors (Lipinski definition) is 4. The summed E-state index contributed by atoms with van der Waals surface area (Å²) >= 11 is 0. The minimum atomic E-state index is -4.66. The Morgan fingerprint density at radius 3 is 2.38 bits per heavy atom. The molecule has 0 fully saturated rings. The van der Waals surface area contributed by atoms with Crippen LogP contribution in [0.25, 0.3) is 0 Å². The standard InChI is InChI=1S/C14H11F3N2O2/c15-14(16,17)10-7-8(5-6-11(10)19-18)13(21)9-3-1-2-4-12(9)20/h1-7,19-20H,18H2. The Morgan fingerprint density at radius 1 is 1.14 bits per heavy atom. The smallest absolute Gasteiger partial charge is 0.418 e. The first-order valence-corrected chi connectivity index (χ1v) is 5.85. The second kappa shape index (κ2) is 5.45. The fourth-order valence-electron chi connectivity index (χ4n) is 1.87. The first kappa shape index (κ1) is 14.9. The molecule has 0 bridgehead atoms. The molecule has 0 saturated heterocycles. The number of carbonyl (C=O) groups is 1. The Balaban J connectivity index is 2.51. The summed E-state index contributed by atoms with van der Waals surface area (Å²) in [5.41, 5.74) is 0.290. The normalized spacial score (nSPS) is 11.2. The van der Waals surface area contributed by atoms with E-state index in [-0.39, 0.29) is 22.6 Å². The van der Waals surface area contributed by atoms with Crippen molar-refractivity contribution >= 4 is 11.5 Å². The Kier molecular flexibility index (Phi) is 3.86. The zero-order valence-corrected chi connectivity index (χ0v) is 10.6. The maximum absolute atomic E-state index is 12.9. The van der Waals surface area contributed by atoms with Crippen molar-refractivity contribution in [2.24, 2.45) is 5.84 Å². The number of para-hydroxylation sites is 1. The fraction of sp³-hybridized carbons (Fsp3) is 0.0714. The van der Waals surface area contributed by atoms with Gasteiger partial charge in [0.1, 0.15) is 5.75 Å². The molecule has 0 atom stereocenters. The summed E-state index contributed by atoms with van der Waals surface area (Å²) in [7, 11) is 0. The molecule has 0 spiro atoms. The maximum Gasteiger partial charge on any atom is 0.418 e. The number of nitrogens with one attached hydrogen (secondary N) is 1. The number of benzene rings is 2. The van der Waals surface area contributed by atoms with Crippen LogP contribution in [0.4, 0.5) is 18.9 Å². The first-order valence-electron chi connectivity index (χ1n) is 5.85. The summed E-state index contributed by atoms with van der Waals surface area (Å²) in [5.74, 6) is 4.03. The lowest BCUT2D eigenvalue weighted by Gasteiger charge is -2.13. The van der Waals surface area contributed by atoms with Crippen LogP contribution in [0.1, 0.15) is 21.5 Å². The molecule has 0 amide bonds. The molecule has 2 aromatic rings. The summed E-state index contributed by atoms with van der Waals surface area (Å²) in [6, 6.07) is 8.61. The molecule has 0 aromatic heterocycles. The van der Waals surface area contributed by atoms with Gasteiger partial charge >= 0.3 is 6.18 Å². The van der Waals surface area contributed by atoms with Gasteiger partial charge in [-0.25, -0.2) is 0 Å². The van der Waals surface area contributed by atoms with Crippen LogP contribution < -0.4 is 11.3 Å². The molecular weight excluding hydrogens is 285 g/mol. The molecule has 0 saturated carbocycles. The van der Waals surface area contributed by atoms with Crippen LogP contribution in [0.15, 0.2) is 42.5 Å². The lowest BCUT2D eigenvalue weighted by atomic mass is 9.99. The number of alkyl halides is 3. The van der Waals surface area contributed by atoms with Gasteiger partial charge in [-0.05, 0) is 30.3 Å². The lowest BCUT2D eigenvalue weighted by Crippen LogP contribution is -2.16. The number of phenols is 1. The number of ketones is 1. The van der Waals surface area contributed by atoms with Gasteiger partial charge in [0.2, 0.25) is 0 Å². The van der Waals surface area contributed by atoms with E-state index in [2.05, 4.69) is 0 Å². The Morgan fingerprint density at radius 2 is 1.81 bits per heavy atom. The van der Waals surface area contributed by atoms with E-state index in [0.29, 0.717) is 6.07 Å². The van der Waals surface area contributed by atoms with E-state index in [1.165, 1.54) is 30.3 Å². The van der Waals surface area contributed by atoms with Gasteiger partial charge in [0.05, 0.1) is 16.8 Å². The third kappa shape index (κ3) is 2.97. The summed E-state index contributed by atoms with van der Waals surface area (Å²) in [6.45, 7) is 0. The van der Waals surface area contributed by atoms with Crippen LogP contribution in [0.3, 0.4) is 0 Å². The number of phenolic OH excluding ortho intramolecular Hbond substituents is 1. The van der Waals surface area contributed by atoms with E-state index < -0.39 is 17.5 Å². The number of nitrogens with two attached hydrogens (primary N) is 1. The molecular formula is C14H11F3N2O2. The van der Waals surface area contributed by atoms with Crippen LogP contribution in [-0.2, 0) is 6.18 Å². The van der Waals surface area contributed by atoms with Crippen LogP contribution in [0.2, 0.25) is 0 Å². The number of hydrogen-bond donors (Lipinski definition) is 3. The summed E-state index contributed by atoms with van der Waals surface area (Å²) in [6.07, 6.45) is -4.66. The third-order valence-corrected chi connectivity index (χ3v) is 2.89. The fourth-order valence-corrected chi connectivity index (χ4v) is 1.87. The second-order valence-electron chi connectivity index (χ2n) is 4.25. The number of anilines is 1. The monoisotopic (exact) mass is 296 g/mol. The zero-order valence-electron chi connectivity index (χ0n) is 10.6. The molecule has 4 nitrogen and oxygen atoms in total. The summed E-state index contributed by atoms with van der Waals surface area (Å²) < 4.78 is 38.7. The Labute approximate surface area is 118 Å². The van der Waals surface area contributed by atoms with E-state index in [0.717, 1.165) is 6.07 Å². The number of carbonyl (C=O) groups excluding carboxylic acids is 1. The molecule has 0 heterocycles. The van der Waals surface area contributed by atoms with Crippen molar-refractivity contribution in [3.63, 3.8) is 0 Å². The van der Waals surface area contributed by atoms with Gasteiger partial charge in [0.15, 0.2) is 5.78 Å². The topological polar surface area (TPSA) is 75.3 Å². The van der Waals surface area contributed by atoms with Gasteiger partial charge in [-0.3, -0.25) is 10.6 Å². The predicted molar refractivity (Wildman–Crippen MR) is 70.8 cm³/mol. The molecule has 0 radical (unpaired) electrons. The van der Waals surface area contributed by atoms with Crippen molar-refractivity contribution < 1.29 is 23.1 Å². The number of aromatic hydroxyl groups is 1. The molecule has 0 unspecified atom stereocenters. The predicted octanol–water partition coefficient (Wildman–Crippen LogP) is 2.93. The highest BCUT2D eigenvalue weighted by Crippen LogP contribution is 2.35. The Hall–Kier alpha value is -2.54. The van der Waals surface area contributed by atoms with E-state index in [9.17, 15) is 23.1 Å². The highest BCUT2D eigenvalue weighted by Gasteiger charge is 2.34. The molecule has 2 aromatic carbocycles. The van der Waals surface area contributed by atoms with E-state index in [4.69, 9.17) is 5.84 Å². The average Bonchev–Trinajstić information content (AvgIpc) is 2.45. The Bertz CT molecular complexity index is 684. The van der Waals surface area contributed by atoms with Crippen molar-refractivity contribution in [2.75, 3.05) is 5.43 Å². The van der Waals surface area contributed by atoms with Crippen molar-refractivity contribution in [2.45, 2.75) is 6.18 Å². The number of hydrazine groups is 1. The first-order chi connectivity index (χ1) is 9.84. The van der Waals surface area contributed by atoms with Crippen molar-refractivity contribution in [1.29, 1.82) is 0 Å². The lowest BCUT2D eigenvalue weighted by molar-refractivity contribution is -0.137. The van der Waals surface area contributed by atoms with Crippen LogP contribution in [-0.4, -0.2) is 10.9 Å². The van der Waals surface area contributed by atoms with Gasteiger partial charge in [-0.15, -0.1) is 0 Å². The average molecular weight is 296 g/mol. The van der Waals surface area contributed by atoms with Gasteiger partial charge in [0, 0.05) is 5.56 Å². The SMILES string of the molecule is NNc1ccc(C(=O)c2ccccc2O)cc1C(F)(F)F. The third-order valence-electron chi connectivity index (χ3n) is 2.89. The highest BCUT2D eigenvalue weighted by molar-refractivity contribution is 6.10. The summed E-state index contributed by atoms with van der Waals surface area (Å²) in [4.78, 5) is 12.2. The molecule has 2 rings (SSSR count). The minimum absolute atomic E-state index is 0.0703. The van der Waals surface area contributed by atoms with Gasteiger partial charge in [-0.1, -0.05) is 12.1 Å². The van der Waals surface area contributed by atoms with Crippen molar-refractivity contribution in [3.05, 3.63) is 59.2 Å². The number of rotatable bonds is 3. The minimum Gasteiger partial charge on any atom is -0.507 e. The van der Waals surface area contributed by atoms with Crippen molar-refractivity contribution in [3.8, 4) is 5.75 Å². The van der Waals surface area contributed by atoms with E-state index in [1.807, 2.05) is 5.43 Å². The molecule has 7 heteroatoms. The zero-order chi connectivity index (χ0) is 15.6. The molecule has 0 aliphatic heterocycles. The maximum atomic E-state index is 12.9. The van der Waals surface area contributed by atoms with Crippen LogP contribution in [0.5, 0.6) is 5.75 Å². The second-order valence-corrected chi connectivity index (χ2v) is 4.25. The molecule has 4 N–H and O–H groups in total. The van der Waals surface area contributed by atoms with E-state index in [1.54, 1.807) is 0 Å². The number of nitrogen functional groups attached to an aromatic ring is 1. The van der Waals surface area contributed by atoms with Crippen molar-refractivity contribution in [1.82, 2.24) is 0 Å². The number of halogens is 3. The summed E-state index contributed by atoms with van der Waals surface area (Å²) in [5, 5.41) is 9.60. The highest BCUT2D eigenvalue weighted by atomic mass is 19.4. The molecule has 110 valence electrons. The molecule has 0 aliphatic carbocycles. The van der Waals surface area contributed by atoms with E-state index >= 15 is 0 Å². The molecule has 0 aliphatic rings. The van der Waals surface area contributed by atoms with Crippen LogP contribution >= 0.6 is 0 Å². The van der Waals surface area contributed by atoms with Crippen LogP contribution in [0, 0.1) is 0 Å². The van der Waals surface area contributed by atoms with Gasteiger partial charge in [-0.2, -0.15) is 13.2 Å². The van der Waals surface area contributed by atoms with Gasteiger partial charge in [0.25, 0.3) is 0 Å². The quantitative estimate of drug-likeness (QED) is 0.462. The largest absolute Gasteiger partial charge is 0.507 e. The molecule has 21 heavy (non-hydrogen) atoms. The van der Waals surface area contributed by atoms with Gasteiger partial charge < -0.3 is 10.5 Å².